The van der Waals surface area contributed by atoms with Crippen molar-refractivity contribution in [1.29, 1.82) is 0 Å². The van der Waals surface area contributed by atoms with Gasteiger partial charge < -0.3 is 0 Å². The van der Waals surface area contributed by atoms with Crippen LogP contribution >= 0.6 is 15.9 Å². The average molecular weight is 269 g/mol. The highest BCUT2D eigenvalue weighted by Gasteiger charge is 2.08. The monoisotopic (exact) mass is 268 g/mol. The Bertz CT molecular complexity index is 344. The van der Waals surface area contributed by atoms with Gasteiger partial charge in [-0.3, -0.25) is 4.79 Å². The Balaban J connectivity index is 2.80. The molecule has 15 heavy (non-hydrogen) atoms. The van der Waals surface area contributed by atoms with Crippen LogP contribution in [-0.2, 0) is 6.42 Å². The number of benzene rings is 1. The van der Waals surface area contributed by atoms with E-state index in [4.69, 9.17) is 0 Å². The van der Waals surface area contributed by atoms with Crippen molar-refractivity contribution in [3.8, 4) is 0 Å². The minimum atomic E-state index is -0.0164. The number of carbonyl (C=O) groups excluding carboxylic acids is 1. The zero-order chi connectivity index (χ0) is 11.3. The summed E-state index contributed by atoms with van der Waals surface area (Å²) >= 11 is 3.01. The SMILES string of the molecule is CCCCCc1cccc(C(=O)Br)c1C. The van der Waals surface area contributed by atoms with Crippen LogP contribution in [0.15, 0.2) is 18.2 Å². The molecule has 0 aromatic heterocycles. The molecule has 1 aromatic carbocycles. The van der Waals surface area contributed by atoms with E-state index in [0.29, 0.717) is 0 Å². The summed E-state index contributed by atoms with van der Waals surface area (Å²) in [5, 5.41) is 0. The molecule has 0 saturated heterocycles. The standard InChI is InChI=1S/C13H17BrO/c1-3-4-5-7-11-8-6-9-12(10(11)2)13(14)15/h6,8-9H,3-5,7H2,1-2H3. The highest BCUT2D eigenvalue weighted by Crippen LogP contribution is 2.18. The second kappa shape index (κ2) is 6.06. The molecular formula is C13H17BrO. The van der Waals surface area contributed by atoms with Gasteiger partial charge in [-0.2, -0.15) is 0 Å². The van der Waals surface area contributed by atoms with Crippen molar-refractivity contribution in [3.05, 3.63) is 34.9 Å². The molecule has 0 heterocycles. The Kier molecular flexibility index (Phi) is 5.03. The van der Waals surface area contributed by atoms with Crippen molar-refractivity contribution in [3.63, 3.8) is 0 Å². The number of carbonyl (C=O) groups is 1. The lowest BCUT2D eigenvalue weighted by Gasteiger charge is -2.08. The fraction of sp³-hybridized carbons (Fsp3) is 0.462. The Morgan fingerprint density at radius 1 is 1.33 bits per heavy atom. The van der Waals surface area contributed by atoms with Gasteiger partial charge in [-0.05, 0) is 46.8 Å². The molecule has 0 atom stereocenters. The molecule has 0 N–H and O–H groups in total. The van der Waals surface area contributed by atoms with E-state index in [1.807, 2.05) is 19.1 Å². The highest BCUT2D eigenvalue weighted by molar-refractivity contribution is 9.18. The normalized spacial score (nSPS) is 10.3. The van der Waals surface area contributed by atoms with Crippen molar-refractivity contribution >= 4 is 20.6 Å². The lowest BCUT2D eigenvalue weighted by molar-refractivity contribution is 0.109. The predicted octanol–water partition coefficient (Wildman–Crippen LogP) is 4.26. The summed E-state index contributed by atoms with van der Waals surface area (Å²) in [7, 11) is 0. The van der Waals surface area contributed by atoms with Crippen molar-refractivity contribution in [1.82, 2.24) is 0 Å². The molecule has 0 aliphatic heterocycles. The first-order valence-corrected chi connectivity index (χ1v) is 6.24. The number of aryl methyl sites for hydroxylation is 1. The Morgan fingerprint density at radius 2 is 2.07 bits per heavy atom. The number of halogens is 1. The molecule has 0 aliphatic rings. The lowest BCUT2D eigenvalue weighted by atomic mass is 9.98. The van der Waals surface area contributed by atoms with E-state index >= 15 is 0 Å². The van der Waals surface area contributed by atoms with Crippen molar-refractivity contribution in [2.24, 2.45) is 0 Å². The maximum atomic E-state index is 11.3. The maximum absolute atomic E-state index is 11.3. The summed E-state index contributed by atoms with van der Waals surface area (Å²) in [4.78, 5) is 11.3. The van der Waals surface area contributed by atoms with E-state index in [1.165, 1.54) is 24.8 Å². The number of hydrogen-bond donors (Lipinski definition) is 0. The third-order valence-corrected chi connectivity index (χ3v) is 3.13. The first-order valence-electron chi connectivity index (χ1n) is 5.45. The summed E-state index contributed by atoms with van der Waals surface area (Å²) in [6.45, 7) is 4.22. The van der Waals surface area contributed by atoms with Crippen LogP contribution in [0, 0.1) is 6.92 Å². The van der Waals surface area contributed by atoms with E-state index in [2.05, 4.69) is 28.9 Å². The Hall–Kier alpha value is -0.630. The van der Waals surface area contributed by atoms with E-state index in [-0.39, 0.29) is 4.69 Å². The predicted molar refractivity (Wildman–Crippen MR) is 67.7 cm³/mol. The zero-order valence-corrected chi connectivity index (χ0v) is 10.9. The molecule has 0 aliphatic carbocycles. The Morgan fingerprint density at radius 3 is 2.67 bits per heavy atom. The van der Waals surface area contributed by atoms with Gasteiger partial charge in [0.2, 0.25) is 4.69 Å². The van der Waals surface area contributed by atoms with Crippen LogP contribution in [0.2, 0.25) is 0 Å². The molecule has 1 aromatic rings. The highest BCUT2D eigenvalue weighted by atomic mass is 79.9. The van der Waals surface area contributed by atoms with Crippen LogP contribution in [0.25, 0.3) is 0 Å². The first-order chi connectivity index (χ1) is 7.16. The molecule has 0 unspecified atom stereocenters. The van der Waals surface area contributed by atoms with E-state index in [1.54, 1.807) is 0 Å². The van der Waals surface area contributed by atoms with Gasteiger partial charge in [0, 0.05) is 5.56 Å². The van der Waals surface area contributed by atoms with Gasteiger partial charge in [-0.25, -0.2) is 0 Å². The fourth-order valence-corrected chi connectivity index (χ4v) is 2.16. The number of rotatable bonds is 5. The van der Waals surface area contributed by atoms with Gasteiger partial charge in [0.15, 0.2) is 0 Å². The van der Waals surface area contributed by atoms with Crippen molar-refractivity contribution in [2.75, 3.05) is 0 Å². The molecule has 0 amide bonds. The fourth-order valence-electron chi connectivity index (χ4n) is 1.73. The van der Waals surface area contributed by atoms with Crippen LogP contribution in [-0.4, -0.2) is 4.69 Å². The summed E-state index contributed by atoms with van der Waals surface area (Å²) in [5.74, 6) is 0. The third kappa shape index (κ3) is 3.45. The van der Waals surface area contributed by atoms with Crippen LogP contribution in [0.4, 0.5) is 0 Å². The number of unbranched alkanes of at least 4 members (excludes halogenated alkanes) is 2. The Labute approximate surface area is 100 Å². The van der Waals surface area contributed by atoms with Gasteiger partial charge >= 0.3 is 0 Å². The second-order valence-corrected chi connectivity index (χ2v) is 4.54. The van der Waals surface area contributed by atoms with Crippen LogP contribution in [0.5, 0.6) is 0 Å². The second-order valence-electron chi connectivity index (χ2n) is 3.82. The van der Waals surface area contributed by atoms with E-state index in [0.717, 1.165) is 17.5 Å². The maximum Gasteiger partial charge on any atom is 0.228 e. The molecule has 0 radical (unpaired) electrons. The van der Waals surface area contributed by atoms with Crippen LogP contribution in [0.3, 0.4) is 0 Å². The summed E-state index contributed by atoms with van der Waals surface area (Å²) < 4.78 is -0.0164. The van der Waals surface area contributed by atoms with Crippen LogP contribution in [0.1, 0.15) is 47.7 Å². The van der Waals surface area contributed by atoms with E-state index in [9.17, 15) is 4.79 Å². The molecule has 82 valence electrons. The van der Waals surface area contributed by atoms with Crippen molar-refractivity contribution in [2.45, 2.75) is 39.5 Å². The minimum absolute atomic E-state index is 0.0164. The quantitative estimate of drug-likeness (QED) is 0.576. The van der Waals surface area contributed by atoms with Gasteiger partial charge in [0.1, 0.15) is 0 Å². The summed E-state index contributed by atoms with van der Waals surface area (Å²) in [6.07, 6.45) is 4.77. The molecule has 2 heteroatoms. The van der Waals surface area contributed by atoms with Gasteiger partial charge in [-0.15, -0.1) is 0 Å². The summed E-state index contributed by atoms with van der Waals surface area (Å²) in [6, 6.07) is 5.95. The lowest BCUT2D eigenvalue weighted by Crippen LogP contribution is -1.98. The average Bonchev–Trinajstić information content (AvgIpc) is 2.20. The van der Waals surface area contributed by atoms with E-state index < -0.39 is 0 Å². The third-order valence-electron chi connectivity index (χ3n) is 2.71. The van der Waals surface area contributed by atoms with Crippen LogP contribution < -0.4 is 0 Å². The molecule has 1 rings (SSSR count). The zero-order valence-electron chi connectivity index (χ0n) is 9.35. The largest absolute Gasteiger partial charge is 0.281 e. The molecule has 0 spiro atoms. The topological polar surface area (TPSA) is 17.1 Å². The number of hydrogen-bond acceptors (Lipinski definition) is 1. The van der Waals surface area contributed by atoms with Gasteiger partial charge in [0.25, 0.3) is 0 Å². The molecule has 0 bridgehead atoms. The first kappa shape index (κ1) is 12.4. The molecular weight excluding hydrogens is 252 g/mol. The van der Waals surface area contributed by atoms with Crippen molar-refractivity contribution < 1.29 is 4.79 Å². The molecule has 0 fully saturated rings. The molecule has 0 saturated carbocycles. The molecule has 1 nitrogen and oxygen atoms in total. The summed E-state index contributed by atoms with van der Waals surface area (Å²) in [5.41, 5.74) is 3.22. The van der Waals surface area contributed by atoms with Gasteiger partial charge in [-0.1, -0.05) is 38.0 Å². The minimum Gasteiger partial charge on any atom is -0.281 e. The van der Waals surface area contributed by atoms with Gasteiger partial charge in [0.05, 0.1) is 0 Å². The smallest absolute Gasteiger partial charge is 0.228 e.